The van der Waals surface area contributed by atoms with Crippen molar-refractivity contribution in [3.8, 4) is 0 Å². The molecule has 124 valence electrons. The van der Waals surface area contributed by atoms with Gasteiger partial charge in [0, 0.05) is 25.2 Å². The van der Waals surface area contributed by atoms with E-state index in [0.29, 0.717) is 18.9 Å². The van der Waals surface area contributed by atoms with Gasteiger partial charge in [-0.25, -0.2) is 0 Å². The number of nitrogens with two attached hydrogens (primary N) is 1. The smallest absolute Gasteiger partial charge is 0.224 e. The van der Waals surface area contributed by atoms with E-state index in [4.69, 9.17) is 5.73 Å². The summed E-state index contributed by atoms with van der Waals surface area (Å²) in [5, 5.41) is 3.13. The van der Waals surface area contributed by atoms with Gasteiger partial charge in [0.25, 0.3) is 0 Å². The Bertz CT molecular complexity index is 591. The fraction of sp³-hybridized carbons (Fsp3) is 0.556. The highest BCUT2D eigenvalue weighted by molar-refractivity contribution is 5.92. The van der Waals surface area contributed by atoms with Gasteiger partial charge in [-0.2, -0.15) is 0 Å². The molecule has 1 heterocycles. The molecule has 1 aliphatic carbocycles. The van der Waals surface area contributed by atoms with Gasteiger partial charge in [0.05, 0.1) is 6.54 Å². The van der Waals surface area contributed by atoms with Gasteiger partial charge in [0.1, 0.15) is 0 Å². The summed E-state index contributed by atoms with van der Waals surface area (Å²) in [6.07, 6.45) is 7.48. The van der Waals surface area contributed by atoms with Crippen molar-refractivity contribution in [3.63, 3.8) is 0 Å². The zero-order valence-electron chi connectivity index (χ0n) is 13.7. The van der Waals surface area contributed by atoms with Crippen molar-refractivity contribution in [2.24, 2.45) is 10.7 Å². The van der Waals surface area contributed by atoms with Gasteiger partial charge in [-0.3, -0.25) is 9.79 Å². The average Bonchev–Trinajstić information content (AvgIpc) is 3.03. The van der Waals surface area contributed by atoms with Crippen molar-refractivity contribution in [1.29, 1.82) is 0 Å². The molecule has 1 aromatic carbocycles. The van der Waals surface area contributed by atoms with Crippen molar-refractivity contribution in [3.05, 3.63) is 29.3 Å². The number of carbonyl (C=O) groups is 1. The van der Waals surface area contributed by atoms with E-state index in [0.717, 1.165) is 38.0 Å². The number of hydrogen-bond donors (Lipinski definition) is 2. The Kier molecular flexibility index (Phi) is 5.16. The van der Waals surface area contributed by atoms with Crippen molar-refractivity contribution in [2.45, 2.75) is 44.9 Å². The Morgan fingerprint density at radius 2 is 1.91 bits per heavy atom. The van der Waals surface area contributed by atoms with Crippen LogP contribution in [0.3, 0.4) is 0 Å². The number of piperidine rings is 1. The highest BCUT2D eigenvalue weighted by atomic mass is 16.2. The SMILES string of the molecule is NC(=NCCC(=O)N1CCCCC1)Nc1ccc2c(c1)CCC2. The summed E-state index contributed by atoms with van der Waals surface area (Å²) in [5.74, 6) is 0.577. The van der Waals surface area contributed by atoms with Crippen LogP contribution >= 0.6 is 0 Å². The highest BCUT2D eigenvalue weighted by Crippen LogP contribution is 2.24. The van der Waals surface area contributed by atoms with Crippen LogP contribution in [0.2, 0.25) is 0 Å². The minimum atomic E-state index is 0.193. The highest BCUT2D eigenvalue weighted by Gasteiger charge is 2.15. The lowest BCUT2D eigenvalue weighted by Crippen LogP contribution is -2.36. The molecule has 0 bridgehead atoms. The van der Waals surface area contributed by atoms with Crippen LogP contribution in [0.4, 0.5) is 5.69 Å². The number of benzene rings is 1. The lowest BCUT2D eigenvalue weighted by molar-refractivity contribution is -0.131. The quantitative estimate of drug-likeness (QED) is 0.662. The van der Waals surface area contributed by atoms with Crippen LogP contribution in [-0.4, -0.2) is 36.4 Å². The number of hydrogen-bond acceptors (Lipinski definition) is 2. The first-order valence-corrected chi connectivity index (χ1v) is 8.69. The lowest BCUT2D eigenvalue weighted by Gasteiger charge is -2.26. The van der Waals surface area contributed by atoms with E-state index in [9.17, 15) is 4.79 Å². The maximum absolute atomic E-state index is 12.1. The fourth-order valence-electron chi connectivity index (χ4n) is 3.41. The third-order valence-corrected chi connectivity index (χ3v) is 4.69. The number of amides is 1. The van der Waals surface area contributed by atoms with Crippen molar-refractivity contribution in [1.82, 2.24) is 4.90 Å². The van der Waals surface area contributed by atoms with Gasteiger partial charge < -0.3 is 16.0 Å². The maximum atomic E-state index is 12.1. The van der Waals surface area contributed by atoms with E-state index < -0.39 is 0 Å². The zero-order valence-corrected chi connectivity index (χ0v) is 13.7. The number of carbonyl (C=O) groups excluding carboxylic acids is 1. The first-order valence-electron chi connectivity index (χ1n) is 8.69. The molecule has 0 unspecified atom stereocenters. The molecule has 5 heteroatoms. The standard InChI is InChI=1S/C18H26N4O/c19-18(20-10-9-17(23)22-11-2-1-3-12-22)21-16-8-7-14-5-4-6-15(14)13-16/h7-8,13H,1-6,9-12H2,(H3,19,20,21). The summed E-state index contributed by atoms with van der Waals surface area (Å²) >= 11 is 0. The van der Waals surface area contributed by atoms with E-state index in [2.05, 4.69) is 22.4 Å². The topological polar surface area (TPSA) is 70.7 Å². The Balaban J connectivity index is 1.47. The van der Waals surface area contributed by atoms with Crippen LogP contribution < -0.4 is 11.1 Å². The van der Waals surface area contributed by atoms with Gasteiger partial charge in [-0.1, -0.05) is 6.07 Å². The van der Waals surface area contributed by atoms with E-state index in [-0.39, 0.29) is 5.91 Å². The largest absolute Gasteiger partial charge is 0.370 e. The van der Waals surface area contributed by atoms with Crippen molar-refractivity contribution in [2.75, 3.05) is 25.0 Å². The molecule has 0 atom stereocenters. The molecule has 0 radical (unpaired) electrons. The second-order valence-electron chi connectivity index (χ2n) is 6.42. The molecule has 1 fully saturated rings. The number of rotatable bonds is 4. The van der Waals surface area contributed by atoms with Gasteiger partial charge in [0.2, 0.25) is 5.91 Å². The molecule has 5 nitrogen and oxygen atoms in total. The van der Waals surface area contributed by atoms with Crippen LogP contribution in [0, 0.1) is 0 Å². The second kappa shape index (κ2) is 7.49. The predicted molar refractivity (Wildman–Crippen MR) is 93.6 cm³/mol. The molecule has 23 heavy (non-hydrogen) atoms. The lowest BCUT2D eigenvalue weighted by atomic mass is 10.1. The van der Waals surface area contributed by atoms with Crippen LogP contribution in [0.25, 0.3) is 0 Å². The summed E-state index contributed by atoms with van der Waals surface area (Å²) in [5.41, 5.74) is 9.76. The fourth-order valence-corrected chi connectivity index (χ4v) is 3.41. The van der Waals surface area contributed by atoms with Gasteiger partial charge in [0.15, 0.2) is 5.96 Å². The van der Waals surface area contributed by atoms with Gasteiger partial charge in [-0.15, -0.1) is 0 Å². The first-order chi connectivity index (χ1) is 11.2. The molecule has 1 amide bonds. The monoisotopic (exact) mass is 314 g/mol. The number of aryl methyl sites for hydroxylation is 2. The van der Waals surface area contributed by atoms with E-state index in [1.807, 2.05) is 11.0 Å². The number of nitrogens with one attached hydrogen (secondary N) is 1. The molecule has 3 rings (SSSR count). The number of likely N-dealkylation sites (tertiary alicyclic amines) is 1. The molecule has 0 spiro atoms. The molecule has 1 aliphatic heterocycles. The number of aliphatic imine (C=N–C) groups is 1. The second-order valence-corrected chi connectivity index (χ2v) is 6.42. The van der Waals surface area contributed by atoms with Gasteiger partial charge in [-0.05, 0) is 61.8 Å². The van der Waals surface area contributed by atoms with Gasteiger partial charge >= 0.3 is 0 Å². The van der Waals surface area contributed by atoms with Crippen LogP contribution in [0.1, 0.15) is 43.2 Å². The van der Waals surface area contributed by atoms with Crippen LogP contribution in [0.5, 0.6) is 0 Å². The zero-order chi connectivity index (χ0) is 16.1. The predicted octanol–water partition coefficient (Wildman–Crippen LogP) is 2.30. The van der Waals surface area contributed by atoms with Crippen LogP contribution in [0.15, 0.2) is 23.2 Å². The molecule has 1 saturated heterocycles. The number of fused-ring (bicyclic) bond motifs is 1. The van der Waals surface area contributed by atoms with Crippen molar-refractivity contribution >= 4 is 17.6 Å². The normalized spacial score (nSPS) is 17.9. The number of anilines is 1. The maximum Gasteiger partial charge on any atom is 0.224 e. The minimum absolute atomic E-state index is 0.193. The third-order valence-electron chi connectivity index (χ3n) is 4.69. The average molecular weight is 314 g/mol. The molecule has 0 saturated carbocycles. The molecule has 2 aliphatic rings. The summed E-state index contributed by atoms with van der Waals surface area (Å²) in [4.78, 5) is 18.3. The Hall–Kier alpha value is -2.04. The van der Waals surface area contributed by atoms with Crippen molar-refractivity contribution < 1.29 is 4.79 Å². The van der Waals surface area contributed by atoms with E-state index in [1.54, 1.807) is 0 Å². The number of guanidine groups is 1. The summed E-state index contributed by atoms with van der Waals surface area (Å²) < 4.78 is 0. The summed E-state index contributed by atoms with van der Waals surface area (Å²) in [6.45, 7) is 2.23. The summed E-state index contributed by atoms with van der Waals surface area (Å²) in [6, 6.07) is 6.37. The number of nitrogens with zero attached hydrogens (tertiary/aromatic N) is 2. The first kappa shape index (κ1) is 15.8. The molecular weight excluding hydrogens is 288 g/mol. The summed E-state index contributed by atoms with van der Waals surface area (Å²) in [7, 11) is 0. The Morgan fingerprint density at radius 1 is 1.13 bits per heavy atom. The third kappa shape index (κ3) is 4.24. The minimum Gasteiger partial charge on any atom is -0.370 e. The van der Waals surface area contributed by atoms with E-state index >= 15 is 0 Å². The van der Waals surface area contributed by atoms with Crippen LogP contribution in [-0.2, 0) is 17.6 Å². The molecule has 3 N–H and O–H groups in total. The Labute approximate surface area is 138 Å². The molecule has 0 aromatic heterocycles. The Morgan fingerprint density at radius 3 is 2.74 bits per heavy atom. The molecule has 1 aromatic rings. The van der Waals surface area contributed by atoms with E-state index in [1.165, 1.54) is 30.4 Å². The molecular formula is C18H26N4O.